The second-order valence-corrected chi connectivity index (χ2v) is 9.17. The normalized spacial score (nSPS) is 14.9. The van der Waals surface area contributed by atoms with Crippen LogP contribution in [0.3, 0.4) is 0 Å². The van der Waals surface area contributed by atoms with Crippen LogP contribution in [0.4, 0.5) is 8.78 Å². The van der Waals surface area contributed by atoms with Crippen molar-refractivity contribution in [1.29, 1.82) is 0 Å². The summed E-state index contributed by atoms with van der Waals surface area (Å²) in [6, 6.07) is 16.8. The van der Waals surface area contributed by atoms with Crippen LogP contribution in [0.1, 0.15) is 10.4 Å². The van der Waals surface area contributed by atoms with E-state index in [0.717, 1.165) is 12.1 Å². The van der Waals surface area contributed by atoms with E-state index in [2.05, 4.69) is 0 Å². The van der Waals surface area contributed by atoms with Crippen LogP contribution in [0, 0.1) is 11.6 Å². The largest absolute Gasteiger partial charge is 0.457 e. The van der Waals surface area contributed by atoms with Crippen molar-refractivity contribution in [3.8, 4) is 11.5 Å². The van der Waals surface area contributed by atoms with Crippen molar-refractivity contribution >= 4 is 15.9 Å². The highest BCUT2D eigenvalue weighted by Crippen LogP contribution is 2.23. The number of carbonyl (C=O) groups excluding carboxylic acids is 1. The van der Waals surface area contributed by atoms with Crippen molar-refractivity contribution in [2.24, 2.45) is 0 Å². The second-order valence-electron chi connectivity index (χ2n) is 7.23. The first kappa shape index (κ1) is 21.9. The van der Waals surface area contributed by atoms with Gasteiger partial charge in [0, 0.05) is 31.7 Å². The third-order valence-electron chi connectivity index (χ3n) is 5.13. The molecule has 0 unspecified atom stereocenters. The molecular formula is C23H20F2N2O4S. The van der Waals surface area contributed by atoms with Gasteiger partial charge < -0.3 is 9.64 Å². The Kier molecular flexibility index (Phi) is 6.20. The topological polar surface area (TPSA) is 66.9 Å². The fourth-order valence-corrected chi connectivity index (χ4v) is 4.80. The molecule has 0 bridgehead atoms. The summed E-state index contributed by atoms with van der Waals surface area (Å²) in [5.74, 6) is -0.0956. The van der Waals surface area contributed by atoms with Crippen LogP contribution in [0.5, 0.6) is 11.5 Å². The molecule has 1 aliphatic rings. The third-order valence-corrected chi connectivity index (χ3v) is 7.04. The summed E-state index contributed by atoms with van der Waals surface area (Å²) in [4.78, 5) is 14.4. The molecule has 32 heavy (non-hydrogen) atoms. The summed E-state index contributed by atoms with van der Waals surface area (Å²) in [5.41, 5.74) is 0.450. The molecule has 0 radical (unpaired) electrons. The van der Waals surface area contributed by atoms with Crippen molar-refractivity contribution in [2.75, 3.05) is 26.2 Å². The molecule has 1 amide bonds. The van der Waals surface area contributed by atoms with Gasteiger partial charge in [0.15, 0.2) is 0 Å². The predicted molar refractivity (Wildman–Crippen MR) is 114 cm³/mol. The van der Waals surface area contributed by atoms with Gasteiger partial charge in [-0.2, -0.15) is 4.31 Å². The van der Waals surface area contributed by atoms with Crippen LogP contribution < -0.4 is 4.74 Å². The smallest absolute Gasteiger partial charge is 0.253 e. The van der Waals surface area contributed by atoms with Gasteiger partial charge in [-0.15, -0.1) is 0 Å². The number of sulfonamides is 1. The Balaban J connectivity index is 1.36. The SMILES string of the molecule is O=C(c1ccc(Oc2ccc(F)cc2)cc1)N1CCN(S(=O)(=O)c2ccc(F)cc2)CC1. The van der Waals surface area contributed by atoms with Crippen molar-refractivity contribution < 1.29 is 26.7 Å². The van der Waals surface area contributed by atoms with Gasteiger partial charge in [-0.05, 0) is 72.8 Å². The molecule has 3 aromatic carbocycles. The third kappa shape index (κ3) is 4.79. The van der Waals surface area contributed by atoms with E-state index in [1.54, 1.807) is 29.2 Å². The number of nitrogens with zero attached hydrogens (tertiary/aromatic N) is 2. The molecule has 166 valence electrons. The molecule has 0 N–H and O–H groups in total. The van der Waals surface area contributed by atoms with Gasteiger partial charge in [-0.3, -0.25) is 4.79 Å². The minimum atomic E-state index is -3.74. The van der Waals surface area contributed by atoms with E-state index < -0.39 is 15.8 Å². The van der Waals surface area contributed by atoms with Crippen molar-refractivity contribution in [1.82, 2.24) is 9.21 Å². The number of halogens is 2. The Morgan fingerprint density at radius 3 is 1.72 bits per heavy atom. The Labute approximate surface area is 184 Å². The lowest BCUT2D eigenvalue weighted by Crippen LogP contribution is -2.50. The maximum atomic E-state index is 13.1. The first-order chi connectivity index (χ1) is 15.3. The molecule has 0 spiro atoms. The first-order valence-electron chi connectivity index (χ1n) is 9.91. The van der Waals surface area contributed by atoms with Crippen LogP contribution in [0.25, 0.3) is 0 Å². The molecule has 0 atom stereocenters. The van der Waals surface area contributed by atoms with Gasteiger partial charge in [0.25, 0.3) is 5.91 Å². The van der Waals surface area contributed by atoms with Gasteiger partial charge in [-0.1, -0.05) is 0 Å². The fourth-order valence-electron chi connectivity index (χ4n) is 3.37. The van der Waals surface area contributed by atoms with Gasteiger partial charge in [-0.25, -0.2) is 17.2 Å². The number of hydrogen-bond donors (Lipinski definition) is 0. The summed E-state index contributed by atoms with van der Waals surface area (Å²) in [6.45, 7) is 0.786. The summed E-state index contributed by atoms with van der Waals surface area (Å²) in [6.07, 6.45) is 0. The summed E-state index contributed by atoms with van der Waals surface area (Å²) < 4.78 is 58.4. The quantitative estimate of drug-likeness (QED) is 0.582. The number of carbonyl (C=O) groups is 1. The molecule has 0 saturated carbocycles. The van der Waals surface area contributed by atoms with Gasteiger partial charge >= 0.3 is 0 Å². The van der Waals surface area contributed by atoms with E-state index in [4.69, 9.17) is 4.74 Å². The van der Waals surface area contributed by atoms with Crippen molar-refractivity contribution in [3.05, 3.63) is 90.0 Å². The average Bonchev–Trinajstić information content (AvgIpc) is 2.81. The zero-order chi connectivity index (χ0) is 22.7. The number of rotatable bonds is 5. The molecule has 0 aromatic heterocycles. The van der Waals surface area contributed by atoms with E-state index >= 15 is 0 Å². The standard InChI is InChI=1S/C23H20F2N2O4S/c24-18-3-9-21(10-4-18)31-20-7-1-17(2-8-20)23(28)26-13-15-27(16-14-26)32(29,30)22-11-5-19(25)6-12-22/h1-12H,13-16H2. The molecule has 9 heteroatoms. The van der Waals surface area contributed by atoms with E-state index in [9.17, 15) is 22.0 Å². The number of ether oxygens (including phenoxy) is 1. The predicted octanol–water partition coefficient (Wildman–Crippen LogP) is 3.90. The molecule has 4 rings (SSSR count). The van der Waals surface area contributed by atoms with E-state index in [1.165, 1.54) is 40.7 Å². The Hall–Kier alpha value is -3.30. The Morgan fingerprint density at radius 1 is 0.719 bits per heavy atom. The van der Waals surface area contributed by atoms with E-state index in [1.807, 2.05) is 0 Å². The number of hydrogen-bond acceptors (Lipinski definition) is 4. The Bertz CT molecular complexity index is 1190. The molecule has 6 nitrogen and oxygen atoms in total. The molecule has 1 heterocycles. The minimum absolute atomic E-state index is 0.0235. The van der Waals surface area contributed by atoms with Gasteiger partial charge in [0.1, 0.15) is 23.1 Å². The maximum Gasteiger partial charge on any atom is 0.253 e. The summed E-state index contributed by atoms with van der Waals surface area (Å²) >= 11 is 0. The number of piperazine rings is 1. The average molecular weight is 458 g/mol. The summed E-state index contributed by atoms with van der Waals surface area (Å²) in [5, 5.41) is 0. The van der Waals surface area contributed by atoms with Crippen LogP contribution in [-0.2, 0) is 10.0 Å². The van der Waals surface area contributed by atoms with Crippen LogP contribution in [0.15, 0.2) is 77.7 Å². The molecule has 1 aliphatic heterocycles. The highest BCUT2D eigenvalue weighted by molar-refractivity contribution is 7.89. The Morgan fingerprint density at radius 2 is 1.19 bits per heavy atom. The highest BCUT2D eigenvalue weighted by atomic mass is 32.2. The number of amides is 1. The second kappa shape index (κ2) is 9.05. The van der Waals surface area contributed by atoms with Crippen molar-refractivity contribution in [3.63, 3.8) is 0 Å². The first-order valence-corrected chi connectivity index (χ1v) is 11.4. The van der Waals surface area contributed by atoms with Gasteiger partial charge in [0.2, 0.25) is 10.0 Å². The van der Waals surface area contributed by atoms with Crippen LogP contribution >= 0.6 is 0 Å². The lowest BCUT2D eigenvalue weighted by atomic mass is 10.2. The monoisotopic (exact) mass is 458 g/mol. The minimum Gasteiger partial charge on any atom is -0.457 e. The fraction of sp³-hybridized carbons (Fsp3) is 0.174. The molecule has 3 aromatic rings. The molecule has 1 fully saturated rings. The van der Waals surface area contributed by atoms with Crippen molar-refractivity contribution in [2.45, 2.75) is 4.90 Å². The summed E-state index contributed by atoms with van der Waals surface area (Å²) in [7, 11) is -3.74. The van der Waals surface area contributed by atoms with E-state index in [0.29, 0.717) is 17.1 Å². The zero-order valence-electron chi connectivity index (χ0n) is 16.9. The molecular weight excluding hydrogens is 438 g/mol. The van der Waals surface area contributed by atoms with Crippen LogP contribution in [-0.4, -0.2) is 49.7 Å². The molecule has 1 saturated heterocycles. The lowest BCUT2D eigenvalue weighted by molar-refractivity contribution is 0.0698. The van der Waals surface area contributed by atoms with E-state index in [-0.39, 0.29) is 42.8 Å². The zero-order valence-corrected chi connectivity index (χ0v) is 17.8. The molecule has 0 aliphatic carbocycles. The lowest BCUT2D eigenvalue weighted by Gasteiger charge is -2.34. The van der Waals surface area contributed by atoms with Gasteiger partial charge in [0.05, 0.1) is 4.90 Å². The van der Waals surface area contributed by atoms with Crippen LogP contribution in [0.2, 0.25) is 0 Å². The highest BCUT2D eigenvalue weighted by Gasteiger charge is 2.30. The maximum absolute atomic E-state index is 13.1. The number of benzene rings is 3.